The predicted octanol–water partition coefficient (Wildman–Crippen LogP) is 5.39. The lowest BCUT2D eigenvalue weighted by atomic mass is 10.1. The van der Waals surface area contributed by atoms with Crippen molar-refractivity contribution in [3.05, 3.63) is 77.4 Å². The first kappa shape index (κ1) is 23.0. The molecule has 0 radical (unpaired) electrons. The Morgan fingerprint density at radius 2 is 1.76 bits per heavy atom. The molecule has 1 aromatic heterocycles. The highest BCUT2D eigenvalue weighted by atomic mass is 32.2. The Morgan fingerprint density at radius 1 is 1.03 bits per heavy atom. The summed E-state index contributed by atoms with van der Waals surface area (Å²) in [6, 6.07) is 17.2. The molecule has 0 spiro atoms. The molecule has 0 bridgehead atoms. The van der Waals surface area contributed by atoms with Crippen molar-refractivity contribution < 1.29 is 17.6 Å². The van der Waals surface area contributed by atoms with Crippen molar-refractivity contribution in [1.82, 2.24) is 9.29 Å². The molecule has 1 amide bonds. The van der Waals surface area contributed by atoms with Gasteiger partial charge in [0.15, 0.2) is 5.13 Å². The summed E-state index contributed by atoms with van der Waals surface area (Å²) in [5.74, 6) is -1.57. The highest BCUT2D eigenvalue weighted by Gasteiger charge is 2.24. The zero-order valence-electron chi connectivity index (χ0n) is 18.1. The van der Waals surface area contributed by atoms with Crippen LogP contribution in [0, 0.1) is 5.82 Å². The molecule has 0 saturated carbocycles. The van der Waals surface area contributed by atoms with E-state index in [2.05, 4.69) is 10.3 Å². The van der Waals surface area contributed by atoms with Gasteiger partial charge in [-0.2, -0.15) is 4.31 Å². The smallest absolute Gasteiger partial charge is 0.260 e. The summed E-state index contributed by atoms with van der Waals surface area (Å²) in [7, 11) is -3.82. The minimum absolute atomic E-state index is 0.131. The average molecular weight is 484 g/mol. The van der Waals surface area contributed by atoms with Gasteiger partial charge in [0.2, 0.25) is 10.0 Å². The molecule has 0 saturated heterocycles. The lowest BCUT2D eigenvalue weighted by Gasteiger charge is -2.18. The molecule has 0 fully saturated rings. The second-order valence-electron chi connectivity index (χ2n) is 7.28. The van der Waals surface area contributed by atoms with Crippen molar-refractivity contribution in [2.45, 2.75) is 18.7 Å². The first-order valence-electron chi connectivity index (χ1n) is 10.4. The molecule has 0 aliphatic carbocycles. The Balaban J connectivity index is 1.58. The van der Waals surface area contributed by atoms with E-state index in [-0.39, 0.29) is 23.5 Å². The van der Waals surface area contributed by atoms with E-state index in [0.29, 0.717) is 10.8 Å². The largest absolute Gasteiger partial charge is 0.298 e. The summed E-state index contributed by atoms with van der Waals surface area (Å²) in [6.45, 7) is 3.98. The lowest BCUT2D eigenvalue weighted by Crippen LogP contribution is -2.31. The Hall–Kier alpha value is -3.14. The second-order valence-corrected chi connectivity index (χ2v) is 10.1. The summed E-state index contributed by atoms with van der Waals surface area (Å²) in [5, 5.41) is 6.86. The molecular weight excluding hydrogens is 461 g/mol. The van der Waals surface area contributed by atoms with Crippen molar-refractivity contribution >= 4 is 43.2 Å². The summed E-state index contributed by atoms with van der Waals surface area (Å²) in [6.07, 6.45) is 0. The van der Waals surface area contributed by atoms with Crippen molar-refractivity contribution in [2.75, 3.05) is 18.4 Å². The summed E-state index contributed by atoms with van der Waals surface area (Å²) >= 11 is 1.21. The lowest BCUT2D eigenvalue weighted by molar-refractivity contribution is 0.102. The SMILES string of the molecule is CCN(CC)S(=O)(=O)c1ccc(F)c(C(=O)Nc2nc(-c3ccc4ccccc4c3)cs2)c1. The van der Waals surface area contributed by atoms with Gasteiger partial charge in [-0.3, -0.25) is 10.1 Å². The van der Waals surface area contributed by atoms with E-state index in [1.54, 1.807) is 19.2 Å². The second kappa shape index (κ2) is 9.38. The third kappa shape index (κ3) is 4.66. The van der Waals surface area contributed by atoms with Crippen LogP contribution in [0.2, 0.25) is 0 Å². The number of rotatable bonds is 7. The maximum absolute atomic E-state index is 14.4. The number of nitrogens with one attached hydrogen (secondary N) is 1. The van der Waals surface area contributed by atoms with Crippen LogP contribution in [0.25, 0.3) is 22.0 Å². The first-order valence-corrected chi connectivity index (χ1v) is 12.7. The van der Waals surface area contributed by atoms with E-state index >= 15 is 0 Å². The number of thiazole rings is 1. The molecule has 0 aliphatic heterocycles. The fourth-order valence-corrected chi connectivity index (χ4v) is 5.73. The molecule has 6 nitrogen and oxygen atoms in total. The van der Waals surface area contributed by atoms with E-state index in [1.165, 1.54) is 21.7 Å². The zero-order valence-corrected chi connectivity index (χ0v) is 19.7. The Labute approximate surface area is 195 Å². The normalized spacial score (nSPS) is 11.8. The monoisotopic (exact) mass is 483 g/mol. The van der Waals surface area contributed by atoms with Crippen molar-refractivity contribution in [1.29, 1.82) is 0 Å². The van der Waals surface area contributed by atoms with Crippen molar-refractivity contribution in [3.8, 4) is 11.3 Å². The number of aromatic nitrogens is 1. The minimum Gasteiger partial charge on any atom is -0.298 e. The van der Waals surface area contributed by atoms with Crippen LogP contribution in [0.3, 0.4) is 0 Å². The number of carbonyl (C=O) groups is 1. The van der Waals surface area contributed by atoms with E-state index in [0.717, 1.165) is 28.5 Å². The number of anilines is 1. The van der Waals surface area contributed by atoms with E-state index < -0.39 is 21.7 Å². The van der Waals surface area contributed by atoms with Crippen LogP contribution < -0.4 is 5.32 Å². The number of fused-ring (bicyclic) bond motifs is 1. The standard InChI is InChI=1S/C24H22FN3O3S2/c1-3-28(4-2)33(30,31)19-11-12-21(25)20(14-19)23(29)27-24-26-22(15-32-24)18-10-9-16-7-5-6-8-17(16)13-18/h5-15H,3-4H2,1-2H3,(H,26,27,29). The van der Waals surface area contributed by atoms with E-state index in [4.69, 9.17) is 0 Å². The molecular formula is C24H22FN3O3S2. The Kier molecular flexibility index (Phi) is 6.55. The number of halogens is 1. The number of benzene rings is 3. The van der Waals surface area contributed by atoms with Crippen LogP contribution in [0.1, 0.15) is 24.2 Å². The van der Waals surface area contributed by atoms with Crippen LogP contribution in [-0.4, -0.2) is 36.7 Å². The van der Waals surface area contributed by atoms with Crippen LogP contribution >= 0.6 is 11.3 Å². The third-order valence-electron chi connectivity index (χ3n) is 5.30. The molecule has 1 N–H and O–H groups in total. The molecule has 0 atom stereocenters. The predicted molar refractivity (Wildman–Crippen MR) is 130 cm³/mol. The van der Waals surface area contributed by atoms with Crippen molar-refractivity contribution in [3.63, 3.8) is 0 Å². The molecule has 3 aromatic carbocycles. The number of sulfonamides is 1. The quantitative estimate of drug-likeness (QED) is 0.382. The zero-order chi connectivity index (χ0) is 23.6. The van der Waals surface area contributed by atoms with E-state index in [9.17, 15) is 17.6 Å². The fourth-order valence-electron chi connectivity index (χ4n) is 3.53. The van der Waals surface area contributed by atoms with Crippen LogP contribution in [0.5, 0.6) is 0 Å². The maximum Gasteiger partial charge on any atom is 0.260 e. The molecule has 0 unspecified atom stereocenters. The minimum atomic E-state index is -3.82. The van der Waals surface area contributed by atoms with Crippen molar-refractivity contribution in [2.24, 2.45) is 0 Å². The molecule has 1 heterocycles. The van der Waals surface area contributed by atoms with Gasteiger partial charge in [0.1, 0.15) is 5.82 Å². The van der Waals surface area contributed by atoms with Gasteiger partial charge in [-0.15, -0.1) is 11.3 Å². The Bertz CT molecular complexity index is 1430. The van der Waals surface area contributed by atoms with Gasteiger partial charge in [-0.25, -0.2) is 17.8 Å². The average Bonchev–Trinajstić information content (AvgIpc) is 3.28. The van der Waals surface area contributed by atoms with Gasteiger partial charge < -0.3 is 0 Å². The highest BCUT2D eigenvalue weighted by molar-refractivity contribution is 7.89. The number of hydrogen-bond donors (Lipinski definition) is 1. The number of amides is 1. The van der Waals surface area contributed by atoms with Crippen LogP contribution in [0.4, 0.5) is 9.52 Å². The van der Waals surface area contributed by atoms with Gasteiger partial charge in [-0.05, 0) is 35.0 Å². The Morgan fingerprint density at radius 3 is 2.48 bits per heavy atom. The van der Waals surface area contributed by atoms with Crippen LogP contribution in [-0.2, 0) is 10.0 Å². The van der Waals surface area contributed by atoms with Gasteiger partial charge in [-0.1, -0.05) is 50.2 Å². The highest BCUT2D eigenvalue weighted by Crippen LogP contribution is 2.28. The topological polar surface area (TPSA) is 79.4 Å². The van der Waals surface area contributed by atoms with Gasteiger partial charge >= 0.3 is 0 Å². The number of nitrogens with zero attached hydrogens (tertiary/aromatic N) is 2. The van der Waals surface area contributed by atoms with E-state index in [1.807, 2.05) is 42.5 Å². The molecule has 33 heavy (non-hydrogen) atoms. The molecule has 170 valence electrons. The molecule has 4 rings (SSSR count). The van der Waals surface area contributed by atoms with Crippen LogP contribution in [0.15, 0.2) is 70.9 Å². The summed E-state index contributed by atoms with van der Waals surface area (Å²) < 4.78 is 41.2. The van der Waals surface area contributed by atoms with Gasteiger partial charge in [0.05, 0.1) is 16.2 Å². The van der Waals surface area contributed by atoms with Gasteiger partial charge in [0.25, 0.3) is 5.91 Å². The fraction of sp³-hybridized carbons (Fsp3) is 0.167. The molecule has 4 aromatic rings. The number of carbonyl (C=O) groups excluding carboxylic acids is 1. The van der Waals surface area contributed by atoms with Gasteiger partial charge in [0, 0.05) is 24.0 Å². The maximum atomic E-state index is 14.4. The number of hydrogen-bond acceptors (Lipinski definition) is 5. The molecule has 0 aliphatic rings. The summed E-state index contributed by atoms with van der Waals surface area (Å²) in [4.78, 5) is 17.1. The summed E-state index contributed by atoms with van der Waals surface area (Å²) in [5.41, 5.74) is 1.22. The molecule has 9 heteroatoms. The first-order chi connectivity index (χ1) is 15.8. The third-order valence-corrected chi connectivity index (χ3v) is 8.10.